The Balaban J connectivity index is 1.87. The number of pyridine rings is 1. The number of ether oxygens (including phenoxy) is 1. The number of hydrogen-bond acceptors (Lipinski definition) is 4. The molecule has 1 atom stereocenters. The smallest absolute Gasteiger partial charge is 0.416 e. The van der Waals surface area contributed by atoms with Gasteiger partial charge in [0.2, 0.25) is 0 Å². The van der Waals surface area contributed by atoms with Crippen LogP contribution in [-0.2, 0) is 22.7 Å². The third-order valence-corrected chi connectivity index (χ3v) is 4.49. The molecule has 0 saturated carbocycles. The van der Waals surface area contributed by atoms with Crippen LogP contribution in [0.2, 0.25) is 0 Å². The van der Waals surface area contributed by atoms with Crippen molar-refractivity contribution < 1.29 is 22.1 Å². The van der Waals surface area contributed by atoms with Crippen LogP contribution in [0.15, 0.2) is 41.7 Å². The summed E-state index contributed by atoms with van der Waals surface area (Å²) in [5, 5.41) is 0.106. The molecular formula is C15H12F3N3O2S. The average Bonchev–Trinajstić information content (AvgIpc) is 2.97. The first-order valence-corrected chi connectivity index (χ1v) is 8.13. The lowest BCUT2D eigenvalue weighted by molar-refractivity contribution is -0.137. The topological polar surface area (TPSA) is 67.9 Å². The fraction of sp³-hybridized carbons (Fsp3) is 0.200. The third kappa shape index (κ3) is 3.40. The number of imidazole rings is 1. The van der Waals surface area contributed by atoms with Crippen molar-refractivity contribution >= 4 is 21.8 Å². The summed E-state index contributed by atoms with van der Waals surface area (Å²) in [4.78, 5) is 10.9. The summed E-state index contributed by atoms with van der Waals surface area (Å²) in [5.74, 6) is 0.653. The maximum absolute atomic E-state index is 12.7. The van der Waals surface area contributed by atoms with E-state index in [9.17, 15) is 17.4 Å². The summed E-state index contributed by atoms with van der Waals surface area (Å²) < 4.78 is 55.6. The Hall–Kier alpha value is -2.42. The highest BCUT2D eigenvalue weighted by molar-refractivity contribution is 7.84. The van der Waals surface area contributed by atoms with Crippen LogP contribution < -0.4 is 4.74 Å². The molecule has 24 heavy (non-hydrogen) atoms. The number of nitrogens with zero attached hydrogens (tertiary/aromatic N) is 2. The van der Waals surface area contributed by atoms with Gasteiger partial charge in [-0.05, 0) is 24.3 Å². The zero-order chi connectivity index (χ0) is 17.3. The molecule has 0 bridgehead atoms. The molecule has 3 rings (SSSR count). The van der Waals surface area contributed by atoms with Crippen LogP contribution in [0, 0.1) is 0 Å². The number of halogens is 3. The Morgan fingerprint density at radius 1 is 1.25 bits per heavy atom. The Labute approximate surface area is 137 Å². The SMILES string of the molecule is COc1ccnc(CS(=O)c2nc3ccc(C(F)(F)F)cc3[nH]2)c1. The largest absolute Gasteiger partial charge is 0.497 e. The standard InChI is InChI=1S/C15H12F3N3O2S/c1-23-11-4-5-19-10(7-11)8-24(22)14-20-12-3-2-9(15(16,17)18)6-13(12)21-14/h2-7H,8H2,1H3,(H,20,21). The first kappa shape index (κ1) is 16.4. The number of H-pyrrole nitrogens is 1. The van der Waals surface area contributed by atoms with Gasteiger partial charge in [-0.15, -0.1) is 0 Å². The summed E-state index contributed by atoms with van der Waals surface area (Å²) in [7, 11) is -0.0635. The minimum atomic E-state index is -4.44. The van der Waals surface area contributed by atoms with E-state index in [-0.39, 0.29) is 16.4 Å². The number of methoxy groups -OCH3 is 1. The fourth-order valence-electron chi connectivity index (χ4n) is 2.14. The molecule has 0 aliphatic carbocycles. The second-order valence-corrected chi connectivity index (χ2v) is 6.31. The minimum absolute atomic E-state index is 0.0726. The second-order valence-electron chi connectivity index (χ2n) is 4.95. The minimum Gasteiger partial charge on any atom is -0.497 e. The van der Waals surface area contributed by atoms with Gasteiger partial charge in [0.05, 0.1) is 46.0 Å². The summed E-state index contributed by atoms with van der Waals surface area (Å²) in [5.41, 5.74) is 0.256. The Morgan fingerprint density at radius 2 is 2.04 bits per heavy atom. The van der Waals surface area contributed by atoms with Gasteiger partial charge >= 0.3 is 6.18 Å². The summed E-state index contributed by atoms with van der Waals surface area (Å²) >= 11 is 0. The lowest BCUT2D eigenvalue weighted by atomic mass is 10.2. The van der Waals surface area contributed by atoms with E-state index in [4.69, 9.17) is 4.74 Å². The molecule has 0 saturated heterocycles. The normalized spacial score (nSPS) is 13.2. The van der Waals surface area contributed by atoms with Crippen molar-refractivity contribution in [2.45, 2.75) is 17.1 Å². The molecule has 2 heterocycles. The van der Waals surface area contributed by atoms with Gasteiger partial charge in [-0.25, -0.2) is 4.98 Å². The van der Waals surface area contributed by atoms with Crippen LogP contribution >= 0.6 is 0 Å². The van der Waals surface area contributed by atoms with Crippen molar-refractivity contribution in [2.75, 3.05) is 7.11 Å². The van der Waals surface area contributed by atoms with E-state index in [1.54, 1.807) is 12.1 Å². The molecule has 0 aliphatic rings. The van der Waals surface area contributed by atoms with Crippen molar-refractivity contribution in [1.29, 1.82) is 0 Å². The molecule has 0 amide bonds. The molecule has 3 aromatic rings. The fourth-order valence-corrected chi connectivity index (χ4v) is 3.12. The number of aromatic nitrogens is 3. The maximum Gasteiger partial charge on any atom is 0.416 e. The number of fused-ring (bicyclic) bond motifs is 1. The summed E-state index contributed by atoms with van der Waals surface area (Å²) in [6.45, 7) is 0. The zero-order valence-corrected chi connectivity index (χ0v) is 13.2. The predicted molar refractivity (Wildman–Crippen MR) is 82.0 cm³/mol. The molecule has 0 aliphatic heterocycles. The molecule has 1 aromatic carbocycles. The lowest BCUT2D eigenvalue weighted by Crippen LogP contribution is -2.04. The van der Waals surface area contributed by atoms with Crippen molar-refractivity contribution in [1.82, 2.24) is 15.0 Å². The zero-order valence-electron chi connectivity index (χ0n) is 12.4. The van der Waals surface area contributed by atoms with E-state index < -0.39 is 22.5 Å². The first-order valence-electron chi connectivity index (χ1n) is 6.81. The van der Waals surface area contributed by atoms with Crippen LogP contribution in [-0.4, -0.2) is 26.3 Å². The van der Waals surface area contributed by atoms with E-state index in [0.717, 1.165) is 12.1 Å². The van der Waals surface area contributed by atoms with Gasteiger partial charge in [-0.2, -0.15) is 13.2 Å². The van der Waals surface area contributed by atoms with Crippen LogP contribution in [0.1, 0.15) is 11.3 Å². The Kier molecular flexibility index (Phi) is 4.27. The van der Waals surface area contributed by atoms with Gasteiger partial charge in [0, 0.05) is 12.3 Å². The highest BCUT2D eigenvalue weighted by atomic mass is 32.2. The number of aromatic amines is 1. The van der Waals surface area contributed by atoms with Crippen LogP contribution in [0.25, 0.3) is 11.0 Å². The molecule has 126 valence electrons. The molecule has 1 N–H and O–H groups in total. The van der Waals surface area contributed by atoms with Gasteiger partial charge in [0.1, 0.15) is 5.75 Å². The molecular weight excluding hydrogens is 343 g/mol. The summed E-state index contributed by atoms with van der Waals surface area (Å²) in [6.07, 6.45) is -2.91. The van der Waals surface area contributed by atoms with Gasteiger partial charge < -0.3 is 9.72 Å². The average molecular weight is 355 g/mol. The Morgan fingerprint density at radius 3 is 2.75 bits per heavy atom. The van der Waals surface area contributed by atoms with E-state index >= 15 is 0 Å². The predicted octanol–water partition coefficient (Wildman–Crippen LogP) is 3.29. The molecule has 0 fully saturated rings. The van der Waals surface area contributed by atoms with E-state index in [1.807, 2.05) is 0 Å². The number of nitrogens with one attached hydrogen (secondary N) is 1. The van der Waals surface area contributed by atoms with Crippen LogP contribution in [0.4, 0.5) is 13.2 Å². The van der Waals surface area contributed by atoms with E-state index in [1.165, 1.54) is 19.4 Å². The third-order valence-electron chi connectivity index (χ3n) is 3.31. The number of benzene rings is 1. The van der Waals surface area contributed by atoms with Gasteiger partial charge in [0.25, 0.3) is 0 Å². The highest BCUT2D eigenvalue weighted by Gasteiger charge is 2.30. The Bertz CT molecular complexity index is 908. The molecule has 2 aromatic heterocycles. The number of alkyl halides is 3. The molecule has 0 spiro atoms. The van der Waals surface area contributed by atoms with E-state index in [2.05, 4.69) is 15.0 Å². The van der Waals surface area contributed by atoms with Gasteiger partial charge in [0.15, 0.2) is 5.16 Å². The van der Waals surface area contributed by atoms with Crippen LogP contribution in [0.5, 0.6) is 5.75 Å². The first-order chi connectivity index (χ1) is 11.4. The molecule has 5 nitrogen and oxygen atoms in total. The van der Waals surface area contributed by atoms with Crippen molar-refractivity contribution in [3.05, 3.63) is 47.8 Å². The lowest BCUT2D eigenvalue weighted by Gasteiger charge is -2.05. The van der Waals surface area contributed by atoms with Gasteiger partial charge in [-0.1, -0.05) is 0 Å². The second kappa shape index (κ2) is 6.23. The number of hydrogen-bond donors (Lipinski definition) is 1. The van der Waals surface area contributed by atoms with Crippen molar-refractivity contribution in [3.8, 4) is 5.75 Å². The van der Waals surface area contributed by atoms with Crippen molar-refractivity contribution in [2.24, 2.45) is 0 Å². The molecule has 9 heteroatoms. The van der Waals surface area contributed by atoms with Crippen LogP contribution in [0.3, 0.4) is 0 Å². The quantitative estimate of drug-likeness (QED) is 0.780. The maximum atomic E-state index is 12.7. The number of rotatable bonds is 4. The van der Waals surface area contributed by atoms with Crippen molar-refractivity contribution in [3.63, 3.8) is 0 Å². The molecule has 0 radical (unpaired) electrons. The molecule has 1 unspecified atom stereocenters. The highest BCUT2D eigenvalue weighted by Crippen LogP contribution is 2.31. The van der Waals surface area contributed by atoms with E-state index in [0.29, 0.717) is 17.0 Å². The monoisotopic (exact) mass is 355 g/mol. The summed E-state index contributed by atoms with van der Waals surface area (Å²) in [6, 6.07) is 6.44. The van der Waals surface area contributed by atoms with Gasteiger partial charge in [-0.3, -0.25) is 9.19 Å².